The summed E-state index contributed by atoms with van der Waals surface area (Å²) in [6.45, 7) is 1.63. The normalized spacial score (nSPS) is 18.1. The SMILES string of the molecule is NCC1CCN(S(=O)(=O)Nc2ccc(Cl)c(Br)c2)CC1. The van der Waals surface area contributed by atoms with E-state index in [0.29, 0.717) is 40.7 Å². The number of rotatable bonds is 4. The quantitative estimate of drug-likeness (QED) is 0.840. The van der Waals surface area contributed by atoms with Gasteiger partial charge in [-0.05, 0) is 59.4 Å². The smallest absolute Gasteiger partial charge is 0.301 e. The molecule has 5 nitrogen and oxygen atoms in total. The van der Waals surface area contributed by atoms with Gasteiger partial charge in [-0.3, -0.25) is 4.72 Å². The second-order valence-electron chi connectivity index (χ2n) is 4.81. The van der Waals surface area contributed by atoms with E-state index >= 15 is 0 Å². The van der Waals surface area contributed by atoms with Crippen LogP contribution in [0.5, 0.6) is 0 Å². The molecule has 0 radical (unpaired) electrons. The first-order chi connectivity index (χ1) is 9.42. The Morgan fingerprint density at radius 1 is 1.40 bits per heavy atom. The van der Waals surface area contributed by atoms with Crippen LogP contribution in [-0.4, -0.2) is 32.4 Å². The van der Waals surface area contributed by atoms with Gasteiger partial charge in [0.1, 0.15) is 0 Å². The van der Waals surface area contributed by atoms with E-state index in [1.165, 1.54) is 4.31 Å². The van der Waals surface area contributed by atoms with Crippen LogP contribution in [0.1, 0.15) is 12.8 Å². The standard InChI is InChI=1S/C12H17BrClN3O2S/c13-11-7-10(1-2-12(11)14)16-20(18,19)17-5-3-9(8-15)4-6-17/h1-2,7,9,16H,3-6,8,15H2. The zero-order chi connectivity index (χ0) is 14.8. The van der Waals surface area contributed by atoms with Crippen molar-refractivity contribution in [1.82, 2.24) is 4.31 Å². The summed E-state index contributed by atoms with van der Waals surface area (Å²) in [6, 6.07) is 4.92. The first-order valence-electron chi connectivity index (χ1n) is 6.35. The number of nitrogens with zero attached hydrogens (tertiary/aromatic N) is 1. The third-order valence-corrected chi connectivity index (χ3v) is 6.17. The predicted octanol–water partition coefficient (Wildman–Crippen LogP) is 2.43. The van der Waals surface area contributed by atoms with Crippen LogP contribution in [0.4, 0.5) is 5.69 Å². The fraction of sp³-hybridized carbons (Fsp3) is 0.500. The summed E-state index contributed by atoms with van der Waals surface area (Å²) in [5.74, 6) is 0.422. The minimum atomic E-state index is -3.52. The van der Waals surface area contributed by atoms with Gasteiger partial charge in [-0.2, -0.15) is 12.7 Å². The monoisotopic (exact) mass is 381 g/mol. The first kappa shape index (κ1) is 16.0. The molecular formula is C12H17BrClN3O2S. The van der Waals surface area contributed by atoms with Crippen molar-refractivity contribution in [3.8, 4) is 0 Å². The Labute approximate surface area is 132 Å². The molecule has 1 aliphatic rings. The zero-order valence-corrected chi connectivity index (χ0v) is 14.0. The topological polar surface area (TPSA) is 75.4 Å². The summed E-state index contributed by atoms with van der Waals surface area (Å²) in [5, 5.41) is 0.539. The Morgan fingerprint density at radius 3 is 2.60 bits per heavy atom. The lowest BCUT2D eigenvalue weighted by molar-refractivity contribution is 0.280. The molecule has 8 heteroatoms. The molecule has 1 saturated heterocycles. The van der Waals surface area contributed by atoms with E-state index in [1.54, 1.807) is 18.2 Å². The second kappa shape index (κ2) is 6.62. The van der Waals surface area contributed by atoms with Gasteiger partial charge in [0, 0.05) is 17.6 Å². The number of nitrogens with two attached hydrogens (primary N) is 1. The van der Waals surface area contributed by atoms with E-state index < -0.39 is 10.2 Å². The maximum Gasteiger partial charge on any atom is 0.301 e. The molecule has 20 heavy (non-hydrogen) atoms. The summed E-state index contributed by atoms with van der Waals surface area (Å²) in [5.41, 5.74) is 6.10. The highest BCUT2D eigenvalue weighted by molar-refractivity contribution is 9.10. The van der Waals surface area contributed by atoms with Gasteiger partial charge in [-0.15, -0.1) is 0 Å². The molecule has 1 heterocycles. The molecule has 0 atom stereocenters. The number of hydrogen-bond donors (Lipinski definition) is 2. The lowest BCUT2D eigenvalue weighted by Crippen LogP contribution is -2.42. The molecule has 1 aromatic carbocycles. The molecule has 2 rings (SSSR count). The van der Waals surface area contributed by atoms with Crippen molar-refractivity contribution in [1.29, 1.82) is 0 Å². The number of halogens is 2. The molecule has 0 aromatic heterocycles. The summed E-state index contributed by atoms with van der Waals surface area (Å²) in [7, 11) is -3.52. The lowest BCUT2D eigenvalue weighted by Gasteiger charge is -2.30. The third kappa shape index (κ3) is 3.85. The Balaban J connectivity index is 2.05. The molecule has 1 aliphatic heterocycles. The van der Waals surface area contributed by atoms with E-state index in [0.717, 1.165) is 12.8 Å². The van der Waals surface area contributed by atoms with Crippen LogP contribution in [0.25, 0.3) is 0 Å². The van der Waals surface area contributed by atoms with Crippen molar-refractivity contribution in [2.45, 2.75) is 12.8 Å². The van der Waals surface area contributed by atoms with Crippen molar-refractivity contribution in [3.63, 3.8) is 0 Å². The van der Waals surface area contributed by atoms with Crippen LogP contribution in [0, 0.1) is 5.92 Å². The van der Waals surface area contributed by atoms with E-state index in [9.17, 15) is 8.42 Å². The van der Waals surface area contributed by atoms with E-state index in [1.807, 2.05) is 0 Å². The van der Waals surface area contributed by atoms with E-state index in [4.69, 9.17) is 17.3 Å². The predicted molar refractivity (Wildman–Crippen MR) is 85.0 cm³/mol. The van der Waals surface area contributed by atoms with Gasteiger partial charge >= 0.3 is 10.2 Å². The largest absolute Gasteiger partial charge is 0.330 e. The van der Waals surface area contributed by atoms with Crippen LogP contribution in [0.3, 0.4) is 0 Å². The van der Waals surface area contributed by atoms with Crippen molar-refractivity contribution < 1.29 is 8.42 Å². The lowest BCUT2D eigenvalue weighted by atomic mass is 9.99. The molecule has 0 unspecified atom stereocenters. The van der Waals surface area contributed by atoms with Crippen molar-refractivity contribution in [2.24, 2.45) is 11.7 Å². The van der Waals surface area contributed by atoms with Gasteiger partial charge in [-0.25, -0.2) is 0 Å². The van der Waals surface area contributed by atoms with Crippen LogP contribution < -0.4 is 10.5 Å². The number of hydrogen-bond acceptors (Lipinski definition) is 3. The fourth-order valence-electron chi connectivity index (χ4n) is 2.16. The van der Waals surface area contributed by atoms with Crippen molar-refractivity contribution in [3.05, 3.63) is 27.7 Å². The minimum Gasteiger partial charge on any atom is -0.330 e. The Morgan fingerprint density at radius 2 is 2.05 bits per heavy atom. The van der Waals surface area contributed by atoms with Crippen LogP contribution >= 0.6 is 27.5 Å². The molecule has 0 aliphatic carbocycles. The maximum absolute atomic E-state index is 12.3. The Hall–Kier alpha value is -0.340. The molecular weight excluding hydrogens is 366 g/mol. The summed E-state index contributed by atoms with van der Waals surface area (Å²) in [4.78, 5) is 0. The average Bonchev–Trinajstić information content (AvgIpc) is 2.43. The number of anilines is 1. The number of benzene rings is 1. The van der Waals surface area contributed by atoms with E-state index in [2.05, 4.69) is 20.7 Å². The molecule has 1 fully saturated rings. The molecule has 0 bridgehead atoms. The molecule has 3 N–H and O–H groups in total. The summed E-state index contributed by atoms with van der Waals surface area (Å²) >= 11 is 9.16. The fourth-order valence-corrected chi connectivity index (χ4v) is 3.90. The molecule has 0 amide bonds. The highest BCUT2D eigenvalue weighted by Gasteiger charge is 2.27. The van der Waals surface area contributed by atoms with Gasteiger partial charge < -0.3 is 5.73 Å². The van der Waals surface area contributed by atoms with Gasteiger partial charge in [-0.1, -0.05) is 11.6 Å². The zero-order valence-electron chi connectivity index (χ0n) is 10.9. The van der Waals surface area contributed by atoms with Gasteiger partial charge in [0.25, 0.3) is 0 Å². The highest BCUT2D eigenvalue weighted by atomic mass is 79.9. The highest BCUT2D eigenvalue weighted by Crippen LogP contribution is 2.27. The maximum atomic E-state index is 12.3. The second-order valence-corrected chi connectivity index (χ2v) is 7.75. The molecule has 112 valence electrons. The number of nitrogens with one attached hydrogen (secondary N) is 1. The van der Waals surface area contributed by atoms with Crippen LogP contribution in [0.15, 0.2) is 22.7 Å². The van der Waals surface area contributed by atoms with Gasteiger partial charge in [0.05, 0.1) is 10.7 Å². The third-order valence-electron chi connectivity index (χ3n) is 3.41. The first-order valence-corrected chi connectivity index (χ1v) is 8.96. The van der Waals surface area contributed by atoms with Crippen LogP contribution in [-0.2, 0) is 10.2 Å². The Bertz CT molecular complexity index is 574. The molecule has 1 aromatic rings. The van der Waals surface area contributed by atoms with Gasteiger partial charge in [0.15, 0.2) is 0 Å². The van der Waals surface area contributed by atoms with Gasteiger partial charge in [0.2, 0.25) is 0 Å². The van der Waals surface area contributed by atoms with Crippen LogP contribution in [0.2, 0.25) is 5.02 Å². The average molecular weight is 383 g/mol. The van der Waals surface area contributed by atoms with Crippen molar-refractivity contribution in [2.75, 3.05) is 24.4 Å². The molecule has 0 spiro atoms. The Kier molecular flexibility index (Phi) is 5.30. The minimum absolute atomic E-state index is 0.422. The van der Waals surface area contributed by atoms with Crippen molar-refractivity contribution >= 4 is 43.4 Å². The number of piperidine rings is 1. The summed E-state index contributed by atoms with van der Waals surface area (Å²) < 4.78 is 29.2. The van der Waals surface area contributed by atoms with E-state index in [-0.39, 0.29) is 0 Å². The summed E-state index contributed by atoms with van der Waals surface area (Å²) in [6.07, 6.45) is 1.61. The molecule has 0 saturated carbocycles.